The smallest absolute Gasteiger partial charge is 0.204 e. The van der Waals surface area contributed by atoms with Crippen LogP contribution in [0, 0.1) is 10.5 Å². The van der Waals surface area contributed by atoms with E-state index in [0.29, 0.717) is 0 Å². The lowest BCUT2D eigenvalue weighted by Gasteiger charge is -1.96. The lowest BCUT2D eigenvalue weighted by molar-refractivity contribution is 0.156. The highest BCUT2D eigenvalue weighted by atomic mass is 127. The van der Waals surface area contributed by atoms with Crippen LogP contribution in [0.4, 0.5) is 8.78 Å². The zero-order valence-corrected chi connectivity index (χ0v) is 10.3. The van der Waals surface area contributed by atoms with Crippen LogP contribution in [0.5, 0.6) is 0 Å². The highest BCUT2D eigenvalue weighted by molar-refractivity contribution is 14.1. The minimum absolute atomic E-state index is 0.158. The molecule has 0 unspecified atom stereocenters. The predicted octanol–water partition coefficient (Wildman–Crippen LogP) is 4.75. The summed E-state index contributed by atoms with van der Waals surface area (Å²) in [6, 6.07) is 5.54. The molecule has 1 aromatic heterocycles. The molecule has 0 aliphatic carbocycles. The van der Waals surface area contributed by atoms with Crippen molar-refractivity contribution in [3.05, 3.63) is 32.2 Å². The van der Waals surface area contributed by atoms with Crippen LogP contribution in [0.15, 0.2) is 18.2 Å². The lowest BCUT2D eigenvalue weighted by Crippen LogP contribution is -1.76. The van der Waals surface area contributed by atoms with Gasteiger partial charge in [-0.15, -0.1) is 11.3 Å². The molecule has 4 heteroatoms. The van der Waals surface area contributed by atoms with Crippen molar-refractivity contribution in [2.75, 3.05) is 0 Å². The summed E-state index contributed by atoms with van der Waals surface area (Å²) >= 11 is 3.38. The van der Waals surface area contributed by atoms with E-state index < -0.39 is 6.43 Å². The molecular weight excluding hydrogens is 317 g/mol. The van der Waals surface area contributed by atoms with E-state index in [2.05, 4.69) is 22.6 Å². The van der Waals surface area contributed by atoms with Crippen LogP contribution in [-0.2, 0) is 0 Å². The fourth-order valence-electron chi connectivity index (χ4n) is 1.40. The second-order valence-corrected chi connectivity index (χ2v) is 5.44. The van der Waals surface area contributed by atoms with E-state index in [1.54, 1.807) is 6.07 Å². The first-order valence-electron chi connectivity index (χ1n) is 4.05. The number of hydrogen-bond donors (Lipinski definition) is 0. The fraction of sp³-hybridized carbons (Fsp3) is 0.200. The molecule has 74 valence electrons. The van der Waals surface area contributed by atoms with E-state index in [4.69, 9.17) is 0 Å². The van der Waals surface area contributed by atoms with Gasteiger partial charge in [0.2, 0.25) is 0 Å². The molecule has 0 aliphatic rings. The fourth-order valence-corrected chi connectivity index (χ4v) is 3.42. The summed E-state index contributed by atoms with van der Waals surface area (Å²) in [5, 5.41) is 0.950. The topological polar surface area (TPSA) is 0 Å². The highest BCUT2D eigenvalue weighted by Crippen LogP contribution is 2.34. The van der Waals surface area contributed by atoms with Crippen LogP contribution >= 0.6 is 33.9 Å². The maximum atomic E-state index is 12.4. The Bertz CT molecular complexity index is 476. The summed E-state index contributed by atoms with van der Waals surface area (Å²) in [5.41, 5.74) is 1.06. The van der Waals surface area contributed by atoms with Gasteiger partial charge in [-0.05, 0) is 58.7 Å². The Hall–Kier alpha value is -0.230. The molecule has 0 saturated carbocycles. The average Bonchev–Trinajstić information content (AvgIpc) is 2.47. The molecule has 0 nitrogen and oxygen atoms in total. The molecule has 1 aromatic carbocycles. The van der Waals surface area contributed by atoms with E-state index in [0.717, 1.165) is 19.2 Å². The molecule has 14 heavy (non-hydrogen) atoms. The first kappa shape index (κ1) is 10.3. The molecule has 0 amide bonds. The zero-order valence-electron chi connectivity index (χ0n) is 7.35. The molecule has 0 N–H and O–H groups in total. The van der Waals surface area contributed by atoms with Gasteiger partial charge in [-0.25, -0.2) is 8.78 Å². The Kier molecular flexibility index (Phi) is 2.74. The second kappa shape index (κ2) is 3.73. The molecule has 2 aromatic rings. The molecule has 0 aliphatic heterocycles. The predicted molar refractivity (Wildman–Crippen MR) is 64.2 cm³/mol. The van der Waals surface area contributed by atoms with Gasteiger partial charge in [0, 0.05) is 8.27 Å². The van der Waals surface area contributed by atoms with Gasteiger partial charge in [-0.3, -0.25) is 0 Å². The largest absolute Gasteiger partial charge is 0.272 e. The third-order valence-corrected chi connectivity index (χ3v) is 3.76. The van der Waals surface area contributed by atoms with Crippen LogP contribution in [0.3, 0.4) is 0 Å². The summed E-state index contributed by atoms with van der Waals surface area (Å²) in [6.07, 6.45) is -2.36. The summed E-state index contributed by atoms with van der Waals surface area (Å²) in [4.78, 5) is 0.158. The van der Waals surface area contributed by atoms with E-state index >= 15 is 0 Å². The molecule has 0 radical (unpaired) electrons. The van der Waals surface area contributed by atoms with Crippen molar-refractivity contribution in [2.45, 2.75) is 13.3 Å². The van der Waals surface area contributed by atoms with Gasteiger partial charge in [0.1, 0.15) is 0 Å². The summed E-state index contributed by atoms with van der Waals surface area (Å²) in [6.45, 7) is 1.95. The van der Waals surface area contributed by atoms with Crippen LogP contribution in [0.2, 0.25) is 0 Å². The Balaban J connectivity index is 2.70. The van der Waals surface area contributed by atoms with E-state index in [-0.39, 0.29) is 4.88 Å². The molecule has 0 fully saturated rings. The number of aryl methyl sites for hydroxylation is 1. The van der Waals surface area contributed by atoms with Gasteiger partial charge < -0.3 is 0 Å². The number of hydrogen-bond acceptors (Lipinski definition) is 1. The Morgan fingerprint density at radius 3 is 2.64 bits per heavy atom. The van der Waals surface area contributed by atoms with E-state index in [1.807, 2.05) is 19.1 Å². The average molecular weight is 324 g/mol. The Morgan fingerprint density at radius 1 is 1.29 bits per heavy atom. The van der Waals surface area contributed by atoms with Crippen LogP contribution in [0.1, 0.15) is 16.9 Å². The standard InChI is InChI=1S/C10H7F2IS/c1-5-2-6(13)3-8-7(5)4-9(14-8)10(11)12/h2-4,10H,1H3. The Morgan fingerprint density at radius 2 is 2.00 bits per heavy atom. The number of halogens is 3. The monoisotopic (exact) mass is 324 g/mol. The minimum atomic E-state index is -2.36. The van der Waals surface area contributed by atoms with Crippen LogP contribution in [0.25, 0.3) is 10.1 Å². The minimum Gasteiger partial charge on any atom is -0.204 e. The van der Waals surface area contributed by atoms with Crippen molar-refractivity contribution in [2.24, 2.45) is 0 Å². The normalized spacial score (nSPS) is 11.5. The summed E-state index contributed by atoms with van der Waals surface area (Å²) < 4.78 is 26.9. The Labute approximate surface area is 98.1 Å². The number of alkyl halides is 2. The van der Waals surface area contributed by atoms with E-state index in [1.165, 1.54) is 11.3 Å². The first-order valence-corrected chi connectivity index (χ1v) is 5.95. The highest BCUT2D eigenvalue weighted by Gasteiger charge is 2.12. The number of thiophene rings is 1. The van der Waals surface area contributed by atoms with Crippen molar-refractivity contribution in [3.8, 4) is 0 Å². The summed E-state index contributed by atoms with van der Waals surface area (Å²) in [7, 11) is 0. The van der Waals surface area contributed by atoms with Gasteiger partial charge >= 0.3 is 0 Å². The molecule has 2 rings (SSSR count). The maximum Gasteiger partial charge on any atom is 0.272 e. The SMILES string of the molecule is Cc1cc(I)cc2sc(C(F)F)cc12. The van der Waals surface area contributed by atoms with Crippen molar-refractivity contribution in [1.29, 1.82) is 0 Å². The third-order valence-electron chi connectivity index (χ3n) is 2.04. The number of rotatable bonds is 1. The van der Waals surface area contributed by atoms with Gasteiger partial charge in [0.05, 0.1) is 4.88 Å². The van der Waals surface area contributed by atoms with Crippen molar-refractivity contribution >= 4 is 44.0 Å². The molecule has 0 bridgehead atoms. The van der Waals surface area contributed by atoms with Crippen LogP contribution in [-0.4, -0.2) is 0 Å². The van der Waals surface area contributed by atoms with Gasteiger partial charge in [0.15, 0.2) is 0 Å². The first-order chi connectivity index (χ1) is 6.58. The van der Waals surface area contributed by atoms with Crippen LogP contribution < -0.4 is 0 Å². The van der Waals surface area contributed by atoms with Crippen molar-refractivity contribution in [3.63, 3.8) is 0 Å². The van der Waals surface area contributed by atoms with Gasteiger partial charge in [-0.1, -0.05) is 0 Å². The quantitative estimate of drug-likeness (QED) is 0.664. The van der Waals surface area contributed by atoms with Gasteiger partial charge in [-0.2, -0.15) is 0 Å². The molecule has 1 heterocycles. The second-order valence-electron chi connectivity index (χ2n) is 3.08. The molecule has 0 saturated heterocycles. The maximum absolute atomic E-state index is 12.4. The number of benzene rings is 1. The molecular formula is C10H7F2IS. The van der Waals surface area contributed by atoms with E-state index in [9.17, 15) is 8.78 Å². The lowest BCUT2D eigenvalue weighted by atomic mass is 10.1. The number of fused-ring (bicyclic) bond motifs is 1. The summed E-state index contributed by atoms with van der Waals surface area (Å²) in [5.74, 6) is 0. The molecule has 0 atom stereocenters. The van der Waals surface area contributed by atoms with Crippen molar-refractivity contribution in [1.82, 2.24) is 0 Å². The van der Waals surface area contributed by atoms with Gasteiger partial charge in [0.25, 0.3) is 6.43 Å². The van der Waals surface area contributed by atoms with Crippen molar-refractivity contribution < 1.29 is 8.78 Å². The molecule has 0 spiro atoms. The third kappa shape index (κ3) is 1.77. The zero-order chi connectivity index (χ0) is 10.3.